The zero-order valence-electron chi connectivity index (χ0n) is 17.6. The largest absolute Gasteiger partial charge is 0.416 e. The van der Waals surface area contributed by atoms with Crippen LogP contribution in [0.3, 0.4) is 0 Å². The predicted octanol–water partition coefficient (Wildman–Crippen LogP) is 4.07. The molecule has 8 heteroatoms. The first kappa shape index (κ1) is 22.3. The molecule has 1 saturated carbocycles. The SMILES string of the molecule is NC(=O)C1CCCN(Cc2ccc(NC(=O)C3(c4cccc(C(F)(F)F)c4)CC3)cc2)C1. The normalized spacial score (nSPS) is 20.5. The smallest absolute Gasteiger partial charge is 0.369 e. The molecule has 5 nitrogen and oxygen atoms in total. The third-order valence-corrected chi connectivity index (χ3v) is 6.45. The fourth-order valence-corrected chi connectivity index (χ4v) is 4.40. The lowest BCUT2D eigenvalue weighted by atomic mass is 9.93. The van der Waals surface area contributed by atoms with Crippen molar-refractivity contribution >= 4 is 17.5 Å². The summed E-state index contributed by atoms with van der Waals surface area (Å²) < 4.78 is 39.2. The third-order valence-electron chi connectivity index (χ3n) is 6.45. The van der Waals surface area contributed by atoms with Gasteiger partial charge in [-0.2, -0.15) is 13.2 Å². The van der Waals surface area contributed by atoms with Gasteiger partial charge in [0, 0.05) is 18.8 Å². The molecule has 2 aromatic rings. The average Bonchev–Trinajstić information content (AvgIpc) is 3.57. The zero-order valence-corrected chi connectivity index (χ0v) is 17.6. The first-order valence-corrected chi connectivity index (χ1v) is 10.8. The molecule has 0 bridgehead atoms. The van der Waals surface area contributed by atoms with Gasteiger partial charge in [-0.25, -0.2) is 0 Å². The minimum Gasteiger partial charge on any atom is -0.369 e. The Morgan fingerprint density at radius 3 is 2.47 bits per heavy atom. The molecular weight excluding hydrogens is 419 g/mol. The van der Waals surface area contributed by atoms with Crippen LogP contribution >= 0.6 is 0 Å². The molecule has 2 amide bonds. The number of halogens is 3. The summed E-state index contributed by atoms with van der Waals surface area (Å²) in [6, 6.07) is 12.4. The molecule has 3 N–H and O–H groups in total. The van der Waals surface area contributed by atoms with Gasteiger partial charge in [-0.1, -0.05) is 30.3 Å². The van der Waals surface area contributed by atoms with Crippen LogP contribution in [0.4, 0.5) is 18.9 Å². The number of hydrogen-bond acceptors (Lipinski definition) is 3. The lowest BCUT2D eigenvalue weighted by Gasteiger charge is -2.31. The molecule has 0 aromatic heterocycles. The van der Waals surface area contributed by atoms with Crippen LogP contribution in [0.25, 0.3) is 0 Å². The predicted molar refractivity (Wildman–Crippen MR) is 115 cm³/mol. The van der Waals surface area contributed by atoms with Gasteiger partial charge in [-0.3, -0.25) is 14.5 Å². The second-order valence-corrected chi connectivity index (χ2v) is 8.79. The zero-order chi connectivity index (χ0) is 22.9. The van der Waals surface area contributed by atoms with Crippen molar-refractivity contribution in [1.29, 1.82) is 0 Å². The fraction of sp³-hybridized carbons (Fsp3) is 0.417. The molecule has 1 aliphatic carbocycles. The Hall–Kier alpha value is -2.87. The summed E-state index contributed by atoms with van der Waals surface area (Å²) in [5, 5.41) is 2.86. The maximum Gasteiger partial charge on any atom is 0.416 e. The van der Waals surface area contributed by atoms with Gasteiger partial charge in [0.25, 0.3) is 0 Å². The average molecular weight is 445 g/mol. The maximum atomic E-state index is 13.1. The number of carbonyl (C=O) groups is 2. The van der Waals surface area contributed by atoms with Crippen molar-refractivity contribution in [2.45, 2.75) is 43.8 Å². The van der Waals surface area contributed by atoms with Crippen LogP contribution < -0.4 is 11.1 Å². The minimum absolute atomic E-state index is 0.118. The quantitative estimate of drug-likeness (QED) is 0.704. The van der Waals surface area contributed by atoms with E-state index < -0.39 is 17.2 Å². The topological polar surface area (TPSA) is 75.4 Å². The molecule has 2 fully saturated rings. The van der Waals surface area contributed by atoms with E-state index in [9.17, 15) is 22.8 Å². The Morgan fingerprint density at radius 1 is 1.12 bits per heavy atom. The number of benzene rings is 2. The van der Waals surface area contributed by atoms with Gasteiger partial charge in [0.15, 0.2) is 0 Å². The van der Waals surface area contributed by atoms with Gasteiger partial charge in [0.05, 0.1) is 16.9 Å². The summed E-state index contributed by atoms with van der Waals surface area (Å²) in [5.74, 6) is -0.666. The van der Waals surface area contributed by atoms with Crippen molar-refractivity contribution in [1.82, 2.24) is 4.90 Å². The van der Waals surface area contributed by atoms with Crippen LogP contribution in [-0.4, -0.2) is 29.8 Å². The summed E-state index contributed by atoms with van der Waals surface area (Å²) in [5.41, 5.74) is 5.84. The summed E-state index contributed by atoms with van der Waals surface area (Å²) in [4.78, 5) is 26.6. The van der Waals surface area contributed by atoms with Crippen LogP contribution in [0.15, 0.2) is 48.5 Å². The summed E-state index contributed by atoms with van der Waals surface area (Å²) >= 11 is 0. The van der Waals surface area contributed by atoms with Crippen LogP contribution in [0, 0.1) is 5.92 Å². The number of amides is 2. The molecular formula is C24H26F3N3O2. The van der Waals surface area contributed by atoms with Gasteiger partial charge in [-0.15, -0.1) is 0 Å². The van der Waals surface area contributed by atoms with E-state index in [2.05, 4.69) is 10.2 Å². The molecule has 2 aliphatic rings. The Balaban J connectivity index is 1.39. The number of primary amides is 1. The van der Waals surface area contributed by atoms with E-state index in [-0.39, 0.29) is 17.7 Å². The number of piperidine rings is 1. The number of hydrogen-bond donors (Lipinski definition) is 2. The van der Waals surface area contributed by atoms with Gasteiger partial charge in [0.1, 0.15) is 0 Å². The lowest BCUT2D eigenvalue weighted by molar-refractivity contribution is -0.137. The Labute approximate surface area is 184 Å². The summed E-state index contributed by atoms with van der Waals surface area (Å²) in [6.07, 6.45) is -1.64. The Bertz CT molecular complexity index is 1000. The standard InChI is InChI=1S/C24H26F3N3O2/c25-24(26,27)19-5-1-4-18(13-19)23(10-11-23)22(32)29-20-8-6-16(7-9-20)14-30-12-2-3-17(15-30)21(28)31/h1,4-9,13,17H,2-3,10-12,14-15H2,(H2,28,31)(H,29,32). The van der Waals surface area contributed by atoms with Crippen molar-refractivity contribution < 1.29 is 22.8 Å². The summed E-state index contributed by atoms with van der Waals surface area (Å²) in [7, 11) is 0. The Kier molecular flexibility index (Phi) is 5.99. The lowest BCUT2D eigenvalue weighted by Crippen LogP contribution is -2.40. The summed E-state index contributed by atoms with van der Waals surface area (Å²) in [6.45, 7) is 2.24. The van der Waals surface area contributed by atoms with Gasteiger partial charge in [0.2, 0.25) is 11.8 Å². The number of nitrogens with zero attached hydrogens (tertiary/aromatic N) is 1. The van der Waals surface area contributed by atoms with Crippen molar-refractivity contribution in [2.24, 2.45) is 11.7 Å². The number of nitrogens with two attached hydrogens (primary N) is 1. The fourth-order valence-electron chi connectivity index (χ4n) is 4.40. The number of alkyl halides is 3. The van der Waals surface area contributed by atoms with Gasteiger partial charge >= 0.3 is 6.18 Å². The first-order valence-electron chi connectivity index (χ1n) is 10.8. The number of likely N-dealkylation sites (tertiary alicyclic amines) is 1. The van der Waals surface area contributed by atoms with Crippen LogP contribution in [0.1, 0.15) is 42.4 Å². The van der Waals surface area contributed by atoms with E-state index in [1.54, 1.807) is 18.2 Å². The van der Waals surface area contributed by atoms with Crippen LogP contribution in [0.5, 0.6) is 0 Å². The van der Waals surface area contributed by atoms with Crippen molar-refractivity contribution in [3.05, 3.63) is 65.2 Å². The van der Waals surface area contributed by atoms with Crippen LogP contribution in [0.2, 0.25) is 0 Å². The molecule has 0 radical (unpaired) electrons. The number of rotatable bonds is 6. The minimum atomic E-state index is -4.44. The van der Waals surface area contributed by atoms with E-state index in [0.717, 1.165) is 37.1 Å². The van der Waals surface area contributed by atoms with Gasteiger partial charge in [-0.05, 0) is 61.6 Å². The third kappa shape index (κ3) is 4.80. The van der Waals surface area contributed by atoms with Crippen molar-refractivity contribution in [2.75, 3.05) is 18.4 Å². The number of anilines is 1. The molecule has 1 atom stereocenters. The molecule has 0 spiro atoms. The highest BCUT2D eigenvalue weighted by Gasteiger charge is 2.51. The molecule has 32 heavy (non-hydrogen) atoms. The Morgan fingerprint density at radius 2 is 1.84 bits per heavy atom. The van der Waals surface area contributed by atoms with E-state index in [0.29, 0.717) is 37.2 Å². The maximum absolute atomic E-state index is 13.1. The molecule has 170 valence electrons. The highest BCUT2D eigenvalue weighted by molar-refractivity contribution is 6.01. The highest BCUT2D eigenvalue weighted by atomic mass is 19.4. The number of nitrogens with one attached hydrogen (secondary N) is 1. The highest BCUT2D eigenvalue weighted by Crippen LogP contribution is 2.50. The second-order valence-electron chi connectivity index (χ2n) is 8.79. The second kappa shape index (κ2) is 8.58. The van der Waals surface area contributed by atoms with E-state index in [1.165, 1.54) is 6.07 Å². The van der Waals surface area contributed by atoms with Crippen molar-refractivity contribution in [3.8, 4) is 0 Å². The van der Waals surface area contributed by atoms with E-state index >= 15 is 0 Å². The molecule has 1 saturated heterocycles. The molecule has 1 aliphatic heterocycles. The first-order chi connectivity index (χ1) is 15.2. The van der Waals surface area contributed by atoms with Gasteiger partial charge < -0.3 is 11.1 Å². The molecule has 4 rings (SSSR count). The number of carbonyl (C=O) groups excluding carboxylic acids is 2. The monoisotopic (exact) mass is 445 g/mol. The van der Waals surface area contributed by atoms with Crippen molar-refractivity contribution in [3.63, 3.8) is 0 Å². The van der Waals surface area contributed by atoms with Crippen LogP contribution in [-0.2, 0) is 27.7 Å². The van der Waals surface area contributed by atoms with E-state index in [4.69, 9.17) is 5.73 Å². The molecule has 1 heterocycles. The van der Waals surface area contributed by atoms with E-state index in [1.807, 2.05) is 12.1 Å². The molecule has 1 unspecified atom stereocenters. The molecule has 2 aromatic carbocycles.